The Morgan fingerprint density at radius 2 is 1.07 bits per heavy atom. The lowest BCUT2D eigenvalue weighted by atomic mass is 9.97. The molecule has 0 aliphatic carbocycles. The van der Waals surface area contributed by atoms with Crippen LogP contribution in [0.15, 0.2) is 200 Å². The summed E-state index contributed by atoms with van der Waals surface area (Å²) < 4.78 is 5.86. The maximum absolute atomic E-state index is 5.45. The molecule has 5 nitrogen and oxygen atoms in total. The molecule has 0 atom stereocenters. The van der Waals surface area contributed by atoms with Gasteiger partial charge in [-0.1, -0.05) is 133 Å². The summed E-state index contributed by atoms with van der Waals surface area (Å²) in [6, 6.07) is 67.8. The molecule has 0 aliphatic rings. The number of para-hydroxylation sites is 2. The van der Waals surface area contributed by atoms with Gasteiger partial charge in [0.2, 0.25) is 0 Å². The standard InChI is InChI=1S/C55H33N5S/c1-3-14-36(15-4-1)49-33-45-53(61-49)55(58-54(57-45)37-28-30-56-31-29-37)60-46-25-24-38(32-44(46)51-41-19-10-8-13-35(41)23-27-48(51)60)42-20-11-21-43-50-40-18-9-7-12-34(40)22-26-47(50)59(52(42)43)39-16-5-2-6-17-39/h1-33H. The van der Waals surface area contributed by atoms with Crippen molar-refractivity contribution >= 4 is 86.7 Å². The molecule has 13 aromatic rings. The lowest BCUT2D eigenvalue weighted by Crippen LogP contribution is -2.01. The van der Waals surface area contributed by atoms with Gasteiger partial charge >= 0.3 is 0 Å². The molecule has 5 heterocycles. The molecule has 0 unspecified atom stereocenters. The summed E-state index contributed by atoms with van der Waals surface area (Å²) in [6.07, 6.45) is 3.61. The first-order chi connectivity index (χ1) is 30.3. The average Bonchev–Trinajstić information content (AvgIpc) is 4.03. The molecule has 0 bridgehead atoms. The second-order valence-electron chi connectivity index (χ2n) is 15.6. The van der Waals surface area contributed by atoms with Crippen LogP contribution < -0.4 is 0 Å². The van der Waals surface area contributed by atoms with E-state index in [1.165, 1.54) is 59.7 Å². The van der Waals surface area contributed by atoms with Crippen molar-refractivity contribution in [2.75, 3.05) is 0 Å². The number of nitrogens with zero attached hydrogens (tertiary/aromatic N) is 5. The zero-order chi connectivity index (χ0) is 40.0. The molecule has 5 aromatic heterocycles. The van der Waals surface area contributed by atoms with Gasteiger partial charge in [0.1, 0.15) is 0 Å². The summed E-state index contributed by atoms with van der Waals surface area (Å²) in [5.74, 6) is 1.54. The summed E-state index contributed by atoms with van der Waals surface area (Å²) in [6.45, 7) is 0. The van der Waals surface area contributed by atoms with Crippen LogP contribution in [0.2, 0.25) is 0 Å². The third-order valence-electron chi connectivity index (χ3n) is 12.2. The summed E-state index contributed by atoms with van der Waals surface area (Å²) in [5.41, 5.74) is 11.1. The minimum absolute atomic E-state index is 0.669. The van der Waals surface area contributed by atoms with E-state index in [-0.39, 0.29) is 0 Å². The highest BCUT2D eigenvalue weighted by Crippen LogP contribution is 2.45. The van der Waals surface area contributed by atoms with Crippen LogP contribution in [-0.2, 0) is 0 Å². The summed E-state index contributed by atoms with van der Waals surface area (Å²) in [5, 5.41) is 9.78. The lowest BCUT2D eigenvalue weighted by molar-refractivity contribution is 1.08. The second kappa shape index (κ2) is 13.3. The Morgan fingerprint density at radius 3 is 1.82 bits per heavy atom. The predicted octanol–water partition coefficient (Wildman–Crippen LogP) is 14.6. The Hall–Kier alpha value is -7.93. The van der Waals surface area contributed by atoms with Crippen LogP contribution in [0.4, 0.5) is 0 Å². The molecule has 61 heavy (non-hydrogen) atoms. The van der Waals surface area contributed by atoms with Crippen LogP contribution in [0.1, 0.15) is 0 Å². The Morgan fingerprint density at radius 1 is 0.426 bits per heavy atom. The number of aromatic nitrogens is 5. The number of fused-ring (bicyclic) bond motifs is 11. The monoisotopic (exact) mass is 795 g/mol. The first-order valence-corrected chi connectivity index (χ1v) is 21.3. The molecule has 0 aliphatic heterocycles. The number of hydrogen-bond donors (Lipinski definition) is 0. The summed E-state index contributed by atoms with van der Waals surface area (Å²) >= 11 is 1.74. The maximum Gasteiger partial charge on any atom is 0.162 e. The van der Waals surface area contributed by atoms with Crippen molar-refractivity contribution in [1.82, 2.24) is 24.1 Å². The van der Waals surface area contributed by atoms with Crippen molar-refractivity contribution in [2.24, 2.45) is 0 Å². The quantitative estimate of drug-likeness (QED) is 0.174. The van der Waals surface area contributed by atoms with Crippen molar-refractivity contribution in [2.45, 2.75) is 0 Å². The van der Waals surface area contributed by atoms with E-state index in [2.05, 4.69) is 190 Å². The van der Waals surface area contributed by atoms with Crippen molar-refractivity contribution < 1.29 is 0 Å². The molecular formula is C55H33N5S. The highest BCUT2D eigenvalue weighted by Gasteiger charge is 2.23. The predicted molar refractivity (Wildman–Crippen MR) is 255 cm³/mol. The van der Waals surface area contributed by atoms with Gasteiger partial charge in [-0.25, -0.2) is 9.97 Å². The number of benzene rings is 8. The molecule has 6 heteroatoms. The van der Waals surface area contributed by atoms with E-state index in [4.69, 9.17) is 9.97 Å². The molecule has 0 spiro atoms. The highest BCUT2D eigenvalue weighted by molar-refractivity contribution is 7.22. The van der Waals surface area contributed by atoms with E-state index in [9.17, 15) is 0 Å². The normalized spacial score (nSPS) is 11.9. The fourth-order valence-corrected chi connectivity index (χ4v) is 10.6. The average molecular weight is 796 g/mol. The van der Waals surface area contributed by atoms with Crippen LogP contribution >= 0.6 is 11.3 Å². The first-order valence-electron chi connectivity index (χ1n) is 20.5. The van der Waals surface area contributed by atoms with Crippen LogP contribution in [0.25, 0.3) is 120 Å². The van der Waals surface area contributed by atoms with Crippen LogP contribution in [0, 0.1) is 0 Å². The van der Waals surface area contributed by atoms with E-state index < -0.39 is 0 Å². The molecule has 0 N–H and O–H groups in total. The fourth-order valence-electron chi connectivity index (χ4n) is 9.54. The van der Waals surface area contributed by atoms with Crippen molar-refractivity contribution in [3.8, 4) is 44.5 Å². The van der Waals surface area contributed by atoms with Gasteiger partial charge in [0.25, 0.3) is 0 Å². The third kappa shape index (κ3) is 5.16. The Kier molecular flexibility index (Phi) is 7.41. The van der Waals surface area contributed by atoms with Gasteiger partial charge in [-0.05, 0) is 87.3 Å². The van der Waals surface area contributed by atoms with Gasteiger partial charge in [-0.3, -0.25) is 9.55 Å². The van der Waals surface area contributed by atoms with Crippen molar-refractivity contribution in [3.63, 3.8) is 0 Å². The minimum atomic E-state index is 0.669. The minimum Gasteiger partial charge on any atom is -0.309 e. The summed E-state index contributed by atoms with van der Waals surface area (Å²) in [4.78, 5) is 16.1. The van der Waals surface area contributed by atoms with E-state index in [1.807, 2.05) is 12.1 Å². The molecule has 0 saturated heterocycles. The molecule has 284 valence electrons. The van der Waals surface area contributed by atoms with E-state index >= 15 is 0 Å². The van der Waals surface area contributed by atoms with Gasteiger partial charge in [0.15, 0.2) is 11.6 Å². The number of hydrogen-bond acceptors (Lipinski definition) is 4. The van der Waals surface area contributed by atoms with Crippen molar-refractivity contribution in [3.05, 3.63) is 200 Å². The van der Waals surface area contributed by atoms with Crippen LogP contribution in [0.3, 0.4) is 0 Å². The van der Waals surface area contributed by atoms with Crippen LogP contribution in [0.5, 0.6) is 0 Å². The Labute approximate surface area is 354 Å². The van der Waals surface area contributed by atoms with Gasteiger partial charge < -0.3 is 4.57 Å². The molecule has 0 fully saturated rings. The van der Waals surface area contributed by atoms with Gasteiger partial charge in [0, 0.05) is 55.6 Å². The Balaban J connectivity index is 1.13. The zero-order valence-electron chi connectivity index (χ0n) is 32.7. The van der Waals surface area contributed by atoms with Gasteiger partial charge in [-0.2, -0.15) is 0 Å². The fraction of sp³-hybridized carbons (Fsp3) is 0. The lowest BCUT2D eigenvalue weighted by Gasteiger charge is -2.13. The van der Waals surface area contributed by atoms with E-state index in [0.717, 1.165) is 54.3 Å². The summed E-state index contributed by atoms with van der Waals surface area (Å²) in [7, 11) is 0. The van der Waals surface area contributed by atoms with Gasteiger partial charge in [-0.15, -0.1) is 11.3 Å². The molecule has 8 aromatic carbocycles. The third-order valence-corrected chi connectivity index (χ3v) is 13.4. The first kappa shape index (κ1) is 34.0. The largest absolute Gasteiger partial charge is 0.309 e. The van der Waals surface area contributed by atoms with E-state index in [1.54, 1.807) is 23.7 Å². The highest BCUT2D eigenvalue weighted by atomic mass is 32.1. The maximum atomic E-state index is 5.45. The molecular weight excluding hydrogens is 763 g/mol. The van der Waals surface area contributed by atoms with Crippen LogP contribution in [-0.4, -0.2) is 24.1 Å². The zero-order valence-corrected chi connectivity index (χ0v) is 33.5. The molecule has 0 amide bonds. The number of rotatable bonds is 5. The molecule has 13 rings (SSSR count). The molecule has 0 radical (unpaired) electrons. The topological polar surface area (TPSA) is 48.5 Å². The van der Waals surface area contributed by atoms with E-state index in [0.29, 0.717) is 5.82 Å². The van der Waals surface area contributed by atoms with Gasteiger partial charge in [0.05, 0.1) is 32.3 Å². The Bertz CT molecular complexity index is 3860. The smallest absolute Gasteiger partial charge is 0.162 e. The SMILES string of the molecule is c1ccc(-c2cc3nc(-c4ccncc4)nc(-n4c5ccc(-c6cccc7c8c9ccccc9ccc8n(-c8ccccc8)c67)cc5c5c6ccccc6ccc54)c3s2)cc1. The second-order valence-corrected chi connectivity index (χ2v) is 16.7. The number of thiophene rings is 1. The number of pyridine rings is 1. The van der Waals surface area contributed by atoms with Crippen molar-refractivity contribution in [1.29, 1.82) is 0 Å². The molecule has 0 saturated carbocycles.